The maximum atomic E-state index is 12.4. The van der Waals surface area contributed by atoms with Crippen LogP contribution in [0.25, 0.3) is 11.0 Å². The molecule has 2 aliphatic heterocycles. The number of aromatic nitrogens is 2. The molecule has 1 aromatic heterocycles. The van der Waals surface area contributed by atoms with Crippen LogP contribution in [0.5, 0.6) is 17.4 Å². The van der Waals surface area contributed by atoms with E-state index < -0.39 is 6.10 Å². The number of rotatable bonds is 8. The van der Waals surface area contributed by atoms with E-state index >= 15 is 0 Å². The molecule has 0 saturated carbocycles. The quantitative estimate of drug-likeness (QED) is 0.483. The maximum absolute atomic E-state index is 12.4. The van der Waals surface area contributed by atoms with Gasteiger partial charge in [0, 0.05) is 18.2 Å². The minimum atomic E-state index is -0.773. The first-order valence-corrected chi connectivity index (χ1v) is 11.2. The zero-order valence-electron chi connectivity index (χ0n) is 18.8. The average Bonchev–Trinajstić information content (AvgIpc) is 3.25. The summed E-state index contributed by atoms with van der Waals surface area (Å²) in [6, 6.07) is 10.9. The highest BCUT2D eigenvalue weighted by Crippen LogP contribution is 2.35. The van der Waals surface area contributed by atoms with E-state index in [1.807, 2.05) is 24.3 Å². The molecule has 1 amide bonds. The van der Waals surface area contributed by atoms with Crippen molar-refractivity contribution >= 4 is 22.8 Å². The summed E-state index contributed by atoms with van der Waals surface area (Å²) in [5.41, 5.74) is 2.69. The Kier molecular flexibility index (Phi) is 6.33. The van der Waals surface area contributed by atoms with Crippen molar-refractivity contribution in [2.75, 3.05) is 44.9 Å². The summed E-state index contributed by atoms with van der Waals surface area (Å²) in [5, 5.41) is 14.0. The van der Waals surface area contributed by atoms with Crippen molar-refractivity contribution in [3.8, 4) is 17.4 Å². The third-order valence-corrected chi connectivity index (χ3v) is 5.84. The molecule has 2 atom stereocenters. The largest absolute Gasteiger partial charge is 0.486 e. The molecule has 3 aromatic rings. The van der Waals surface area contributed by atoms with Crippen LogP contribution in [0, 0.1) is 0 Å². The first-order chi connectivity index (χ1) is 16.6. The number of hydrogen-bond acceptors (Lipinski definition) is 9. The topological polar surface area (TPSA) is 115 Å². The van der Waals surface area contributed by atoms with Crippen molar-refractivity contribution in [3.63, 3.8) is 0 Å². The van der Waals surface area contributed by atoms with Gasteiger partial charge in [0.25, 0.3) is 0 Å². The van der Waals surface area contributed by atoms with Crippen LogP contribution in [0.4, 0.5) is 10.5 Å². The number of amides is 1. The zero-order chi connectivity index (χ0) is 23.5. The van der Waals surface area contributed by atoms with Gasteiger partial charge in [0.1, 0.15) is 19.3 Å². The Labute approximate surface area is 196 Å². The minimum Gasteiger partial charge on any atom is -0.486 e. The molecule has 3 heterocycles. The predicted molar refractivity (Wildman–Crippen MR) is 124 cm³/mol. The van der Waals surface area contributed by atoms with Crippen LogP contribution in [-0.4, -0.2) is 67.2 Å². The first-order valence-electron chi connectivity index (χ1n) is 11.2. The van der Waals surface area contributed by atoms with Crippen LogP contribution in [-0.2, 0) is 4.74 Å². The zero-order valence-corrected chi connectivity index (χ0v) is 18.8. The molecule has 2 aliphatic rings. The number of cyclic esters (lactones) is 1. The molecular formula is C24H26N4O6. The number of carbonyl (C=O) groups is 1. The molecule has 178 valence electrons. The lowest BCUT2D eigenvalue weighted by Crippen LogP contribution is -2.28. The van der Waals surface area contributed by atoms with Crippen molar-refractivity contribution in [2.45, 2.75) is 18.6 Å². The molecule has 1 fully saturated rings. The molecule has 0 bridgehead atoms. The molecule has 0 unspecified atom stereocenters. The van der Waals surface area contributed by atoms with Gasteiger partial charge in [0.15, 0.2) is 11.5 Å². The molecule has 10 heteroatoms. The van der Waals surface area contributed by atoms with Crippen LogP contribution in [0.2, 0.25) is 0 Å². The van der Waals surface area contributed by atoms with Crippen LogP contribution in [0.15, 0.2) is 42.6 Å². The second kappa shape index (κ2) is 9.70. The average molecular weight is 466 g/mol. The third-order valence-electron chi connectivity index (χ3n) is 5.84. The van der Waals surface area contributed by atoms with Gasteiger partial charge in [-0.3, -0.25) is 4.90 Å². The van der Waals surface area contributed by atoms with E-state index in [-0.39, 0.29) is 12.2 Å². The van der Waals surface area contributed by atoms with Crippen molar-refractivity contribution < 1.29 is 28.8 Å². The Hall–Kier alpha value is -3.63. The molecule has 5 rings (SSSR count). The van der Waals surface area contributed by atoms with Gasteiger partial charge in [-0.05, 0) is 31.2 Å². The van der Waals surface area contributed by atoms with E-state index in [1.54, 1.807) is 23.2 Å². The van der Waals surface area contributed by atoms with E-state index in [1.165, 1.54) is 7.11 Å². The number of methoxy groups -OCH3 is 1. The lowest BCUT2D eigenvalue weighted by atomic mass is 10.1. The fourth-order valence-electron chi connectivity index (χ4n) is 4.10. The van der Waals surface area contributed by atoms with Gasteiger partial charge < -0.3 is 29.4 Å². The molecule has 34 heavy (non-hydrogen) atoms. The Bertz CT molecular complexity index is 1190. The Balaban J connectivity index is 1.14. The van der Waals surface area contributed by atoms with E-state index in [2.05, 4.69) is 15.3 Å². The lowest BCUT2D eigenvalue weighted by Gasteiger charge is -2.21. The number of ether oxygens (including phenoxy) is 4. The van der Waals surface area contributed by atoms with Gasteiger partial charge in [-0.15, -0.1) is 0 Å². The fraction of sp³-hybridized carbons (Fsp3) is 0.375. The molecule has 0 radical (unpaired) electrons. The van der Waals surface area contributed by atoms with Gasteiger partial charge in [0.05, 0.1) is 42.7 Å². The number of carbonyl (C=O) groups excluding carboxylic acids is 1. The van der Waals surface area contributed by atoms with E-state index in [4.69, 9.17) is 18.9 Å². The van der Waals surface area contributed by atoms with Crippen LogP contribution >= 0.6 is 0 Å². The van der Waals surface area contributed by atoms with Crippen LogP contribution in [0.1, 0.15) is 18.1 Å². The summed E-state index contributed by atoms with van der Waals surface area (Å²) in [6.07, 6.45) is 0.754. The van der Waals surface area contributed by atoms with Gasteiger partial charge in [-0.1, -0.05) is 12.1 Å². The van der Waals surface area contributed by atoms with Crippen molar-refractivity contribution in [1.82, 2.24) is 15.3 Å². The van der Waals surface area contributed by atoms with Crippen LogP contribution in [0.3, 0.4) is 0 Å². The molecular weight excluding hydrogens is 440 g/mol. The van der Waals surface area contributed by atoms with Crippen molar-refractivity contribution in [1.29, 1.82) is 0 Å². The summed E-state index contributed by atoms with van der Waals surface area (Å²) in [6.45, 7) is 2.35. The number of nitrogens with one attached hydrogen (secondary N) is 1. The van der Waals surface area contributed by atoms with Gasteiger partial charge in [-0.25, -0.2) is 14.8 Å². The molecule has 0 aliphatic carbocycles. The molecule has 2 aromatic carbocycles. The summed E-state index contributed by atoms with van der Waals surface area (Å²) in [7, 11) is 1.53. The third kappa shape index (κ3) is 4.55. The lowest BCUT2D eigenvalue weighted by molar-refractivity contribution is 0.134. The summed E-state index contributed by atoms with van der Waals surface area (Å²) >= 11 is 0. The summed E-state index contributed by atoms with van der Waals surface area (Å²) < 4.78 is 21.8. The summed E-state index contributed by atoms with van der Waals surface area (Å²) in [5.74, 6) is 1.70. The molecule has 2 N–H and O–H groups in total. The SMILES string of the molecule is COc1cnc2cccc([C@@H](O)CNCC[C@@H]3CN(c4ccc5c(c4)OCCO5)C(=O)O3)c2n1. The number of aliphatic hydroxyl groups excluding tert-OH is 1. The van der Waals surface area contributed by atoms with E-state index in [9.17, 15) is 9.90 Å². The van der Waals surface area contributed by atoms with E-state index in [0.29, 0.717) is 78.9 Å². The number of anilines is 1. The highest BCUT2D eigenvalue weighted by molar-refractivity contribution is 5.90. The molecule has 10 nitrogen and oxygen atoms in total. The maximum Gasteiger partial charge on any atom is 0.414 e. The summed E-state index contributed by atoms with van der Waals surface area (Å²) in [4.78, 5) is 22.7. The van der Waals surface area contributed by atoms with E-state index in [0.717, 1.165) is 0 Å². The van der Waals surface area contributed by atoms with Gasteiger partial charge in [0.2, 0.25) is 5.88 Å². The minimum absolute atomic E-state index is 0.252. The number of hydrogen-bond donors (Lipinski definition) is 2. The molecule has 1 saturated heterocycles. The number of aliphatic hydroxyl groups is 1. The second-order valence-electron chi connectivity index (χ2n) is 8.08. The number of fused-ring (bicyclic) bond motifs is 2. The second-order valence-corrected chi connectivity index (χ2v) is 8.08. The number of nitrogens with zero attached hydrogens (tertiary/aromatic N) is 3. The van der Waals surface area contributed by atoms with Gasteiger partial charge in [-0.2, -0.15) is 0 Å². The first kappa shape index (κ1) is 22.2. The van der Waals surface area contributed by atoms with Gasteiger partial charge >= 0.3 is 6.09 Å². The number of benzene rings is 2. The Morgan fingerprint density at radius 3 is 2.94 bits per heavy atom. The van der Waals surface area contributed by atoms with Crippen molar-refractivity contribution in [2.24, 2.45) is 0 Å². The van der Waals surface area contributed by atoms with Crippen molar-refractivity contribution in [3.05, 3.63) is 48.2 Å². The number of para-hydroxylation sites is 1. The normalized spacial score (nSPS) is 18.1. The highest BCUT2D eigenvalue weighted by Gasteiger charge is 2.32. The predicted octanol–water partition coefficient (Wildman–Crippen LogP) is 2.45. The fourth-order valence-corrected chi connectivity index (χ4v) is 4.10. The standard InChI is InChI=1S/C24H26N4O6/c1-31-22-13-26-18-4-2-3-17(23(18)27-22)19(29)12-25-8-7-16-14-28(24(30)34-16)15-5-6-20-21(11-15)33-10-9-32-20/h2-6,11,13,16,19,25,29H,7-10,12,14H2,1H3/t16-,19+/m1/s1. The molecule has 0 spiro atoms. The monoisotopic (exact) mass is 466 g/mol. The Morgan fingerprint density at radius 2 is 2.09 bits per heavy atom. The highest BCUT2D eigenvalue weighted by atomic mass is 16.6. The van der Waals surface area contributed by atoms with Crippen LogP contribution < -0.4 is 24.4 Å². The Morgan fingerprint density at radius 1 is 1.24 bits per heavy atom. The smallest absolute Gasteiger partial charge is 0.414 e.